The zero-order valence-corrected chi connectivity index (χ0v) is 15.1. The lowest BCUT2D eigenvalue weighted by molar-refractivity contribution is 0.0739. The number of carbonyl (C=O) groups is 1. The van der Waals surface area contributed by atoms with Crippen molar-refractivity contribution in [3.63, 3.8) is 0 Å². The summed E-state index contributed by atoms with van der Waals surface area (Å²) in [4.78, 5) is 29.8. The van der Waals surface area contributed by atoms with E-state index in [1.54, 1.807) is 38.2 Å². The third-order valence-corrected chi connectivity index (χ3v) is 4.88. The highest BCUT2D eigenvalue weighted by Crippen LogP contribution is 2.28. The van der Waals surface area contributed by atoms with Gasteiger partial charge in [-0.2, -0.15) is 0 Å². The Balaban J connectivity index is 1.84. The number of thiophene rings is 1. The van der Waals surface area contributed by atoms with E-state index in [2.05, 4.69) is 4.98 Å². The summed E-state index contributed by atoms with van der Waals surface area (Å²) in [5.74, 6) is 0.656. The van der Waals surface area contributed by atoms with Crippen molar-refractivity contribution in [3.8, 4) is 11.5 Å². The molecule has 0 N–H and O–H groups in total. The van der Waals surface area contributed by atoms with Crippen molar-refractivity contribution >= 4 is 27.5 Å². The van der Waals surface area contributed by atoms with Crippen molar-refractivity contribution in [1.29, 1.82) is 0 Å². The third-order valence-electron chi connectivity index (χ3n) is 3.70. The highest BCUT2D eigenvalue weighted by molar-refractivity contribution is 7.20. The van der Waals surface area contributed by atoms with Crippen LogP contribution in [0.1, 0.15) is 28.6 Å². The monoisotopic (exact) mass is 358 g/mol. The minimum absolute atomic E-state index is 0.171. The molecule has 0 radical (unpaired) electrons. The number of hydrogen-bond acceptors (Lipinski definition) is 6. The van der Waals surface area contributed by atoms with Gasteiger partial charge in [0.2, 0.25) is 0 Å². The first-order chi connectivity index (χ1) is 12.0. The predicted octanol–water partition coefficient (Wildman–Crippen LogP) is 3.31. The van der Waals surface area contributed by atoms with Crippen molar-refractivity contribution in [3.05, 3.63) is 51.4 Å². The number of benzene rings is 1. The van der Waals surface area contributed by atoms with Crippen LogP contribution >= 0.6 is 11.3 Å². The summed E-state index contributed by atoms with van der Waals surface area (Å²) >= 11 is 1.16. The zero-order chi connectivity index (χ0) is 18.0. The quantitative estimate of drug-likeness (QED) is 0.517. The average Bonchev–Trinajstić information content (AvgIpc) is 2.95. The topological polar surface area (TPSA) is 70.4 Å². The molecule has 130 valence electrons. The molecule has 0 atom stereocenters. The molecule has 0 fully saturated rings. The van der Waals surface area contributed by atoms with Gasteiger partial charge in [0.05, 0.1) is 18.3 Å². The molecule has 0 aliphatic rings. The van der Waals surface area contributed by atoms with E-state index < -0.39 is 5.97 Å². The first-order valence-electron chi connectivity index (χ1n) is 7.91. The van der Waals surface area contributed by atoms with Crippen LogP contribution in [0.15, 0.2) is 35.4 Å². The Hall–Kier alpha value is -2.67. The molecule has 0 saturated heterocycles. The van der Waals surface area contributed by atoms with Crippen molar-refractivity contribution in [2.45, 2.75) is 20.3 Å². The van der Waals surface area contributed by atoms with Crippen LogP contribution in [-0.4, -0.2) is 22.1 Å². The second kappa shape index (κ2) is 7.06. The number of nitrogens with zero attached hydrogens (tertiary/aromatic N) is 2. The van der Waals surface area contributed by atoms with Gasteiger partial charge in [0.15, 0.2) is 0 Å². The molecule has 0 bridgehead atoms. The first-order valence-corrected chi connectivity index (χ1v) is 8.72. The van der Waals surface area contributed by atoms with Crippen LogP contribution < -0.4 is 15.0 Å². The van der Waals surface area contributed by atoms with Gasteiger partial charge in [0, 0.05) is 7.05 Å². The van der Waals surface area contributed by atoms with Gasteiger partial charge >= 0.3 is 5.97 Å². The number of aryl methyl sites for hydroxylation is 2. The zero-order valence-electron chi connectivity index (χ0n) is 14.2. The number of ether oxygens (including phenoxy) is 2. The molecule has 7 heteroatoms. The molecule has 25 heavy (non-hydrogen) atoms. The number of esters is 1. The van der Waals surface area contributed by atoms with Crippen LogP contribution in [0.5, 0.6) is 11.5 Å². The van der Waals surface area contributed by atoms with Crippen LogP contribution in [0, 0.1) is 6.92 Å². The summed E-state index contributed by atoms with van der Waals surface area (Å²) in [5, 5.41) is 0.463. The van der Waals surface area contributed by atoms with Crippen molar-refractivity contribution < 1.29 is 14.3 Å². The van der Waals surface area contributed by atoms with E-state index in [1.807, 2.05) is 6.92 Å². The maximum absolute atomic E-state index is 12.5. The molecule has 2 heterocycles. The standard InChI is InChI=1S/C18H18N2O4S/c1-4-9-23-12-5-7-13(8-6-12)24-18(22)15-11(2)14-16(25-15)19-10-20(3)17(14)21/h5-8,10H,4,9H2,1-3H3. The Morgan fingerprint density at radius 3 is 2.60 bits per heavy atom. The number of hydrogen-bond donors (Lipinski definition) is 0. The molecule has 0 aliphatic carbocycles. The van der Waals surface area contributed by atoms with Crippen molar-refractivity contribution in [1.82, 2.24) is 9.55 Å². The fraction of sp³-hybridized carbons (Fsp3) is 0.278. The third kappa shape index (κ3) is 3.41. The largest absolute Gasteiger partial charge is 0.494 e. The van der Waals surface area contributed by atoms with Crippen LogP contribution in [0.3, 0.4) is 0 Å². The van der Waals surface area contributed by atoms with E-state index >= 15 is 0 Å². The Labute approximate surface area is 148 Å². The van der Waals surface area contributed by atoms with Gasteiger partial charge in [-0.3, -0.25) is 4.79 Å². The van der Waals surface area contributed by atoms with E-state index in [4.69, 9.17) is 9.47 Å². The highest BCUT2D eigenvalue weighted by atomic mass is 32.1. The summed E-state index contributed by atoms with van der Waals surface area (Å²) in [6, 6.07) is 6.88. The Morgan fingerprint density at radius 2 is 1.92 bits per heavy atom. The van der Waals surface area contributed by atoms with Crippen LogP contribution in [-0.2, 0) is 7.05 Å². The first kappa shape index (κ1) is 17.2. The summed E-state index contributed by atoms with van der Waals surface area (Å²) < 4.78 is 12.3. The Morgan fingerprint density at radius 1 is 1.24 bits per heavy atom. The lowest BCUT2D eigenvalue weighted by atomic mass is 10.2. The SMILES string of the molecule is CCCOc1ccc(OC(=O)c2sc3ncn(C)c(=O)c3c2C)cc1. The van der Waals surface area contributed by atoms with Gasteiger partial charge in [0.1, 0.15) is 21.2 Å². The summed E-state index contributed by atoms with van der Waals surface area (Å²) in [6.45, 7) is 4.41. The lowest BCUT2D eigenvalue weighted by Gasteiger charge is -2.06. The van der Waals surface area contributed by atoms with Crippen molar-refractivity contribution in [2.75, 3.05) is 6.61 Å². The van der Waals surface area contributed by atoms with Gasteiger partial charge < -0.3 is 14.0 Å². The minimum atomic E-state index is -0.496. The fourth-order valence-corrected chi connectivity index (χ4v) is 3.40. The Bertz CT molecular complexity index is 973. The molecule has 2 aromatic heterocycles. The normalized spacial score (nSPS) is 10.8. The number of rotatable bonds is 5. The number of carbonyl (C=O) groups excluding carboxylic acids is 1. The van der Waals surface area contributed by atoms with Crippen LogP contribution in [0.4, 0.5) is 0 Å². The summed E-state index contributed by atoms with van der Waals surface area (Å²) in [5.41, 5.74) is 0.428. The number of fused-ring (bicyclic) bond motifs is 1. The maximum Gasteiger partial charge on any atom is 0.354 e. The minimum Gasteiger partial charge on any atom is -0.494 e. The molecule has 1 aromatic carbocycles. The smallest absolute Gasteiger partial charge is 0.354 e. The van der Waals surface area contributed by atoms with E-state index in [0.29, 0.717) is 33.0 Å². The van der Waals surface area contributed by atoms with E-state index in [1.165, 1.54) is 10.9 Å². The van der Waals surface area contributed by atoms with Crippen molar-refractivity contribution in [2.24, 2.45) is 7.05 Å². The molecule has 3 aromatic rings. The van der Waals surface area contributed by atoms with Gasteiger partial charge in [-0.15, -0.1) is 11.3 Å². The second-order valence-corrected chi connectivity index (χ2v) is 6.61. The Kier molecular flexibility index (Phi) is 4.85. The van der Waals surface area contributed by atoms with Gasteiger partial charge in [-0.05, 0) is 43.2 Å². The molecular weight excluding hydrogens is 340 g/mol. The summed E-state index contributed by atoms with van der Waals surface area (Å²) in [6.07, 6.45) is 2.38. The molecule has 6 nitrogen and oxygen atoms in total. The molecular formula is C18H18N2O4S. The average molecular weight is 358 g/mol. The van der Waals surface area contributed by atoms with Gasteiger partial charge in [0.25, 0.3) is 5.56 Å². The molecule has 3 rings (SSSR count). The second-order valence-electron chi connectivity index (χ2n) is 5.61. The molecule has 0 spiro atoms. The predicted molar refractivity (Wildman–Crippen MR) is 96.8 cm³/mol. The molecule has 0 saturated carbocycles. The summed E-state index contributed by atoms with van der Waals surface area (Å²) in [7, 11) is 1.63. The fourth-order valence-electron chi connectivity index (χ4n) is 2.38. The number of aromatic nitrogens is 2. The lowest BCUT2D eigenvalue weighted by Crippen LogP contribution is -2.17. The highest BCUT2D eigenvalue weighted by Gasteiger charge is 2.20. The van der Waals surface area contributed by atoms with Crippen LogP contribution in [0.2, 0.25) is 0 Å². The van der Waals surface area contributed by atoms with Gasteiger partial charge in [-0.1, -0.05) is 6.92 Å². The maximum atomic E-state index is 12.5. The molecule has 0 amide bonds. The van der Waals surface area contributed by atoms with E-state index in [9.17, 15) is 9.59 Å². The molecule has 0 aliphatic heterocycles. The van der Waals surface area contributed by atoms with E-state index in [0.717, 1.165) is 23.5 Å². The van der Waals surface area contributed by atoms with E-state index in [-0.39, 0.29) is 5.56 Å². The molecule has 0 unspecified atom stereocenters. The van der Waals surface area contributed by atoms with Gasteiger partial charge in [-0.25, -0.2) is 9.78 Å². The van der Waals surface area contributed by atoms with Crippen LogP contribution in [0.25, 0.3) is 10.2 Å².